The first-order valence-electron chi connectivity index (χ1n) is 15.9. The summed E-state index contributed by atoms with van der Waals surface area (Å²) in [4.78, 5) is 0. The van der Waals surface area contributed by atoms with Gasteiger partial charge >= 0.3 is 0 Å². The summed E-state index contributed by atoms with van der Waals surface area (Å²) in [5, 5.41) is 3.03. The van der Waals surface area contributed by atoms with Crippen LogP contribution in [0.25, 0.3) is 44.2 Å². The number of halogens is 1. The van der Waals surface area contributed by atoms with Crippen LogP contribution in [0, 0.1) is 0 Å². The molecule has 46 heavy (non-hydrogen) atoms. The summed E-state index contributed by atoms with van der Waals surface area (Å²) < 4.78 is 6.75. The zero-order valence-corrected chi connectivity index (χ0v) is 25.5. The van der Waals surface area contributed by atoms with Crippen molar-refractivity contribution >= 4 is 33.5 Å². The minimum atomic E-state index is -0.638. The average Bonchev–Trinajstić information content (AvgIpc) is 3.74. The summed E-state index contributed by atoms with van der Waals surface area (Å²) in [7, 11) is 0. The molecular weight excluding hydrogens is 580 g/mol. The lowest BCUT2D eigenvalue weighted by atomic mass is 9.52. The average molecular weight is 605 g/mol. The van der Waals surface area contributed by atoms with Gasteiger partial charge in [-0.1, -0.05) is 151 Å². The van der Waals surface area contributed by atoms with E-state index in [4.69, 9.17) is 16.0 Å². The van der Waals surface area contributed by atoms with Crippen molar-refractivity contribution in [2.45, 2.75) is 10.8 Å². The van der Waals surface area contributed by atoms with Crippen molar-refractivity contribution in [2.75, 3.05) is 0 Å². The second-order valence-electron chi connectivity index (χ2n) is 12.8. The Labute approximate surface area is 271 Å². The van der Waals surface area contributed by atoms with Crippen LogP contribution in [0.15, 0.2) is 156 Å². The highest BCUT2D eigenvalue weighted by molar-refractivity contribution is 6.32. The maximum absolute atomic E-state index is 7.43. The third-order valence-corrected chi connectivity index (χ3v) is 11.3. The molecule has 2 heteroatoms. The molecule has 3 aliphatic rings. The Morgan fingerprint density at radius 1 is 0.391 bits per heavy atom. The molecule has 0 atom stereocenters. The SMILES string of the molecule is Clc1cccc2c1C1(c3ccccc3C3(c4ccccc4-c4ccccc43)c3ccccc31)c1ccc3c(oc4ccccc43)c1-2. The standard InChI is InChI=1S/C44H25ClO/c45-38-22-11-15-30-40-37(25-24-29-28-14-3-10-23-39(28)46-42(29)40)44(41(30)38)35-20-8-6-18-33(35)43(34-19-7-9-21-36(34)44)31-16-4-1-12-26(31)27-13-2-5-17-32(27)43/h1-25H. The smallest absolute Gasteiger partial charge is 0.143 e. The summed E-state index contributed by atoms with van der Waals surface area (Å²) in [5.41, 5.74) is 15.7. The van der Waals surface area contributed by atoms with Crippen molar-refractivity contribution in [1.29, 1.82) is 0 Å². The van der Waals surface area contributed by atoms with Gasteiger partial charge in [-0.15, -0.1) is 0 Å². The van der Waals surface area contributed by atoms with Crippen LogP contribution < -0.4 is 0 Å². The van der Waals surface area contributed by atoms with Crippen molar-refractivity contribution in [3.05, 3.63) is 201 Å². The molecule has 0 amide bonds. The Morgan fingerprint density at radius 3 is 1.57 bits per heavy atom. The Kier molecular flexibility index (Phi) is 4.58. The first-order valence-corrected chi connectivity index (χ1v) is 16.3. The fourth-order valence-corrected chi connectivity index (χ4v) is 9.87. The maximum Gasteiger partial charge on any atom is 0.143 e. The molecule has 0 bridgehead atoms. The van der Waals surface area contributed by atoms with Crippen LogP contribution in [-0.2, 0) is 10.8 Å². The van der Waals surface area contributed by atoms with Gasteiger partial charge in [0.25, 0.3) is 0 Å². The lowest BCUT2D eigenvalue weighted by molar-refractivity contribution is 0.631. The number of hydrogen-bond donors (Lipinski definition) is 0. The predicted molar refractivity (Wildman–Crippen MR) is 187 cm³/mol. The summed E-state index contributed by atoms with van der Waals surface area (Å²) in [5.74, 6) is 0. The van der Waals surface area contributed by atoms with Crippen molar-refractivity contribution in [3.63, 3.8) is 0 Å². The van der Waals surface area contributed by atoms with E-state index in [1.165, 1.54) is 50.1 Å². The van der Waals surface area contributed by atoms with Crippen LogP contribution in [-0.4, -0.2) is 0 Å². The molecule has 2 spiro atoms. The molecule has 0 aliphatic heterocycles. The van der Waals surface area contributed by atoms with Gasteiger partial charge in [-0.05, 0) is 73.3 Å². The molecule has 214 valence electrons. The fraction of sp³-hybridized carbons (Fsp3) is 0.0455. The van der Waals surface area contributed by atoms with E-state index in [0.29, 0.717) is 0 Å². The van der Waals surface area contributed by atoms with E-state index in [0.717, 1.165) is 43.7 Å². The predicted octanol–water partition coefficient (Wildman–Crippen LogP) is 11.3. The highest BCUT2D eigenvalue weighted by Gasteiger charge is 2.59. The highest BCUT2D eigenvalue weighted by Crippen LogP contribution is 2.68. The molecule has 3 aliphatic carbocycles. The summed E-state index contributed by atoms with van der Waals surface area (Å²) >= 11 is 7.43. The van der Waals surface area contributed by atoms with E-state index in [-0.39, 0.29) is 0 Å². The van der Waals surface area contributed by atoms with Gasteiger partial charge in [0.1, 0.15) is 11.2 Å². The van der Waals surface area contributed by atoms with Crippen LogP contribution in [0.3, 0.4) is 0 Å². The first-order chi connectivity index (χ1) is 22.8. The number of hydrogen-bond acceptors (Lipinski definition) is 1. The molecule has 1 aromatic heterocycles. The molecule has 11 rings (SSSR count). The van der Waals surface area contributed by atoms with Crippen LogP contribution in [0.4, 0.5) is 0 Å². The molecule has 1 nitrogen and oxygen atoms in total. The first kappa shape index (κ1) is 24.9. The third kappa shape index (κ3) is 2.62. The number of fused-ring (bicyclic) bond motifs is 20. The van der Waals surface area contributed by atoms with Gasteiger partial charge in [0.15, 0.2) is 0 Å². The summed E-state index contributed by atoms with van der Waals surface area (Å²) in [6.07, 6.45) is 0. The Bertz CT molecular complexity index is 2530. The minimum absolute atomic E-state index is 0.473. The Morgan fingerprint density at radius 2 is 0.913 bits per heavy atom. The normalized spacial score (nSPS) is 15.4. The maximum atomic E-state index is 7.43. The third-order valence-electron chi connectivity index (χ3n) is 11.0. The molecule has 7 aromatic carbocycles. The zero-order valence-electron chi connectivity index (χ0n) is 24.7. The van der Waals surface area contributed by atoms with Crippen LogP contribution in [0.1, 0.15) is 44.5 Å². The molecule has 0 N–H and O–H groups in total. The largest absolute Gasteiger partial charge is 0.455 e. The molecule has 0 fully saturated rings. The van der Waals surface area contributed by atoms with Crippen LogP contribution >= 0.6 is 11.6 Å². The van der Waals surface area contributed by atoms with Gasteiger partial charge in [-0.3, -0.25) is 0 Å². The number of rotatable bonds is 0. The summed E-state index contributed by atoms with van der Waals surface area (Å²) in [6, 6.07) is 55.5. The summed E-state index contributed by atoms with van der Waals surface area (Å²) in [6.45, 7) is 0. The monoisotopic (exact) mass is 604 g/mol. The van der Waals surface area contributed by atoms with E-state index in [1.54, 1.807) is 0 Å². The second-order valence-corrected chi connectivity index (χ2v) is 13.2. The Hall–Kier alpha value is -5.37. The van der Waals surface area contributed by atoms with Crippen molar-refractivity contribution in [3.8, 4) is 22.3 Å². The Balaban J connectivity index is 1.37. The van der Waals surface area contributed by atoms with E-state index in [2.05, 4.69) is 146 Å². The molecule has 0 unspecified atom stereocenters. The second kappa shape index (κ2) is 8.46. The van der Waals surface area contributed by atoms with Crippen molar-refractivity contribution in [2.24, 2.45) is 0 Å². The lowest BCUT2D eigenvalue weighted by Crippen LogP contribution is -2.43. The van der Waals surface area contributed by atoms with Gasteiger partial charge in [-0.25, -0.2) is 0 Å². The van der Waals surface area contributed by atoms with Crippen LogP contribution in [0.5, 0.6) is 0 Å². The van der Waals surface area contributed by atoms with E-state index < -0.39 is 10.8 Å². The fourth-order valence-electron chi connectivity index (χ4n) is 9.56. The van der Waals surface area contributed by atoms with Gasteiger partial charge < -0.3 is 4.42 Å². The molecule has 8 aromatic rings. The molecule has 0 saturated heterocycles. The number of benzene rings is 7. The molecule has 1 heterocycles. The zero-order chi connectivity index (χ0) is 30.2. The number of para-hydroxylation sites is 1. The highest BCUT2D eigenvalue weighted by atomic mass is 35.5. The number of furan rings is 1. The van der Waals surface area contributed by atoms with Crippen molar-refractivity contribution in [1.82, 2.24) is 0 Å². The van der Waals surface area contributed by atoms with Gasteiger partial charge in [-0.2, -0.15) is 0 Å². The van der Waals surface area contributed by atoms with Crippen LogP contribution in [0.2, 0.25) is 5.02 Å². The van der Waals surface area contributed by atoms with Gasteiger partial charge in [0.05, 0.1) is 10.8 Å². The van der Waals surface area contributed by atoms with E-state index in [9.17, 15) is 0 Å². The lowest BCUT2D eigenvalue weighted by Gasteiger charge is -2.49. The van der Waals surface area contributed by atoms with Gasteiger partial charge in [0.2, 0.25) is 0 Å². The molecule has 0 saturated carbocycles. The van der Waals surface area contributed by atoms with E-state index >= 15 is 0 Å². The van der Waals surface area contributed by atoms with Crippen molar-refractivity contribution < 1.29 is 4.42 Å². The molecular formula is C44H25ClO. The topological polar surface area (TPSA) is 13.1 Å². The minimum Gasteiger partial charge on any atom is -0.455 e. The van der Waals surface area contributed by atoms with Gasteiger partial charge in [0, 0.05) is 21.4 Å². The quantitative estimate of drug-likeness (QED) is 0.168. The van der Waals surface area contributed by atoms with E-state index in [1.807, 2.05) is 6.07 Å². The molecule has 0 radical (unpaired) electrons.